The molecule has 116 valence electrons. The van der Waals surface area contributed by atoms with Gasteiger partial charge in [0.25, 0.3) is 0 Å². The first-order valence-corrected chi connectivity index (χ1v) is 8.70. The Kier molecular flexibility index (Phi) is 4.66. The second-order valence-electron chi connectivity index (χ2n) is 6.82. The zero-order valence-corrected chi connectivity index (χ0v) is 13.5. The van der Waals surface area contributed by atoms with Crippen LogP contribution in [0.5, 0.6) is 0 Å². The van der Waals surface area contributed by atoms with Gasteiger partial charge in [-0.05, 0) is 38.3 Å². The second kappa shape index (κ2) is 6.50. The highest BCUT2D eigenvalue weighted by Gasteiger charge is 2.55. The van der Waals surface area contributed by atoms with Crippen molar-refractivity contribution < 1.29 is 4.74 Å². The molecule has 1 N–H and O–H groups in total. The van der Waals surface area contributed by atoms with Crippen LogP contribution in [0.25, 0.3) is 0 Å². The SMILES string of the molecule is CCNC1CC(OC(C)c2ccccc2)C12CCCCC2. The van der Waals surface area contributed by atoms with Crippen molar-refractivity contribution in [2.75, 3.05) is 6.54 Å². The van der Waals surface area contributed by atoms with Crippen LogP contribution in [0.15, 0.2) is 30.3 Å². The zero-order chi connectivity index (χ0) is 14.7. The molecule has 3 rings (SSSR count). The highest BCUT2D eigenvalue weighted by molar-refractivity contribution is 5.18. The lowest BCUT2D eigenvalue weighted by atomic mass is 9.55. The first-order valence-electron chi connectivity index (χ1n) is 8.70. The first-order chi connectivity index (χ1) is 10.3. The van der Waals surface area contributed by atoms with Crippen LogP contribution in [0.2, 0.25) is 0 Å². The van der Waals surface area contributed by atoms with Gasteiger partial charge < -0.3 is 10.1 Å². The number of hydrogen-bond acceptors (Lipinski definition) is 2. The van der Waals surface area contributed by atoms with E-state index in [1.54, 1.807) is 0 Å². The monoisotopic (exact) mass is 287 g/mol. The summed E-state index contributed by atoms with van der Waals surface area (Å²) < 4.78 is 6.50. The maximum atomic E-state index is 6.50. The summed E-state index contributed by atoms with van der Waals surface area (Å²) in [5.74, 6) is 0. The third kappa shape index (κ3) is 2.89. The Morgan fingerprint density at radius 2 is 1.90 bits per heavy atom. The molecule has 2 saturated carbocycles. The molecule has 0 saturated heterocycles. The number of rotatable bonds is 5. The topological polar surface area (TPSA) is 21.3 Å². The summed E-state index contributed by atoms with van der Waals surface area (Å²) in [5.41, 5.74) is 1.72. The molecule has 2 aliphatic carbocycles. The van der Waals surface area contributed by atoms with Crippen molar-refractivity contribution in [3.63, 3.8) is 0 Å². The zero-order valence-electron chi connectivity index (χ0n) is 13.5. The summed E-state index contributed by atoms with van der Waals surface area (Å²) in [4.78, 5) is 0. The van der Waals surface area contributed by atoms with Gasteiger partial charge in [0.1, 0.15) is 0 Å². The van der Waals surface area contributed by atoms with Crippen molar-refractivity contribution in [2.45, 2.75) is 70.6 Å². The van der Waals surface area contributed by atoms with E-state index < -0.39 is 0 Å². The largest absolute Gasteiger partial charge is 0.370 e. The van der Waals surface area contributed by atoms with Gasteiger partial charge in [0.05, 0.1) is 12.2 Å². The van der Waals surface area contributed by atoms with Crippen LogP contribution in [-0.2, 0) is 4.74 Å². The van der Waals surface area contributed by atoms with Crippen LogP contribution in [-0.4, -0.2) is 18.7 Å². The second-order valence-corrected chi connectivity index (χ2v) is 6.82. The third-order valence-electron chi connectivity index (χ3n) is 5.66. The van der Waals surface area contributed by atoms with Crippen molar-refractivity contribution in [1.82, 2.24) is 5.32 Å². The molecule has 0 bridgehead atoms. The molecule has 1 aromatic carbocycles. The van der Waals surface area contributed by atoms with Gasteiger partial charge in [-0.25, -0.2) is 0 Å². The minimum Gasteiger partial charge on any atom is -0.370 e. The molecule has 0 amide bonds. The normalized spacial score (nSPS) is 29.0. The summed E-state index contributed by atoms with van der Waals surface area (Å²) >= 11 is 0. The molecule has 1 spiro atoms. The molecule has 0 aliphatic heterocycles. The maximum absolute atomic E-state index is 6.50. The molecule has 2 aliphatic rings. The van der Waals surface area contributed by atoms with Crippen LogP contribution in [0.1, 0.15) is 64.0 Å². The molecule has 2 heteroatoms. The van der Waals surface area contributed by atoms with E-state index >= 15 is 0 Å². The average molecular weight is 287 g/mol. The summed E-state index contributed by atoms with van der Waals surface area (Å²) in [6.45, 7) is 5.50. The Morgan fingerprint density at radius 1 is 1.19 bits per heavy atom. The standard InChI is InChI=1S/C19H29NO/c1-3-20-17-14-18(19(17)12-8-5-9-13-19)21-15(2)16-10-6-4-7-11-16/h4,6-7,10-11,15,17-18,20H,3,5,8-9,12-14H2,1-2H3. The molecule has 2 fully saturated rings. The van der Waals surface area contributed by atoms with Crippen molar-refractivity contribution >= 4 is 0 Å². The predicted molar refractivity (Wildman–Crippen MR) is 87.3 cm³/mol. The summed E-state index contributed by atoms with van der Waals surface area (Å²) in [5, 5.41) is 3.71. The fraction of sp³-hybridized carbons (Fsp3) is 0.684. The highest BCUT2D eigenvalue weighted by Crippen LogP contribution is 2.54. The van der Waals surface area contributed by atoms with Crippen LogP contribution in [0.3, 0.4) is 0 Å². The van der Waals surface area contributed by atoms with Gasteiger partial charge in [0.15, 0.2) is 0 Å². The van der Waals surface area contributed by atoms with Crippen molar-refractivity contribution in [3.8, 4) is 0 Å². The quantitative estimate of drug-likeness (QED) is 0.863. The lowest BCUT2D eigenvalue weighted by Crippen LogP contribution is -2.64. The van der Waals surface area contributed by atoms with E-state index in [1.165, 1.54) is 44.1 Å². The number of ether oxygens (including phenoxy) is 1. The van der Waals surface area contributed by atoms with Crippen molar-refractivity contribution in [2.24, 2.45) is 5.41 Å². The molecule has 0 aromatic heterocycles. The minimum atomic E-state index is 0.206. The van der Waals surface area contributed by atoms with Gasteiger partial charge in [0, 0.05) is 11.5 Å². The Hall–Kier alpha value is -0.860. The van der Waals surface area contributed by atoms with E-state index in [0.717, 1.165) is 6.54 Å². The number of benzene rings is 1. The van der Waals surface area contributed by atoms with Gasteiger partial charge in [0.2, 0.25) is 0 Å². The molecular weight excluding hydrogens is 258 g/mol. The Bertz CT molecular complexity index is 438. The lowest BCUT2D eigenvalue weighted by Gasteiger charge is -2.58. The first kappa shape index (κ1) is 15.1. The molecule has 1 aromatic rings. The minimum absolute atomic E-state index is 0.206. The van der Waals surface area contributed by atoms with E-state index in [-0.39, 0.29) is 6.10 Å². The lowest BCUT2D eigenvalue weighted by molar-refractivity contribution is -0.174. The Labute approximate surface area is 129 Å². The number of nitrogens with one attached hydrogen (secondary N) is 1. The van der Waals surface area contributed by atoms with Crippen LogP contribution >= 0.6 is 0 Å². The van der Waals surface area contributed by atoms with Gasteiger partial charge in [-0.3, -0.25) is 0 Å². The molecule has 0 heterocycles. The van der Waals surface area contributed by atoms with Crippen molar-refractivity contribution in [1.29, 1.82) is 0 Å². The van der Waals surface area contributed by atoms with Gasteiger partial charge >= 0.3 is 0 Å². The molecule has 21 heavy (non-hydrogen) atoms. The molecule has 3 atom stereocenters. The third-order valence-corrected chi connectivity index (χ3v) is 5.66. The maximum Gasteiger partial charge on any atom is 0.0800 e. The smallest absolute Gasteiger partial charge is 0.0800 e. The van der Waals surface area contributed by atoms with Crippen molar-refractivity contribution in [3.05, 3.63) is 35.9 Å². The van der Waals surface area contributed by atoms with Crippen LogP contribution in [0.4, 0.5) is 0 Å². The van der Waals surface area contributed by atoms with E-state index in [0.29, 0.717) is 17.6 Å². The van der Waals surface area contributed by atoms with E-state index in [4.69, 9.17) is 4.74 Å². The van der Waals surface area contributed by atoms with Crippen LogP contribution < -0.4 is 5.32 Å². The molecular formula is C19H29NO. The predicted octanol–water partition coefficient (Wildman–Crippen LogP) is 4.47. The van der Waals surface area contributed by atoms with E-state index in [9.17, 15) is 0 Å². The van der Waals surface area contributed by atoms with Crippen LogP contribution in [0, 0.1) is 5.41 Å². The molecule has 0 radical (unpaired) electrons. The summed E-state index contributed by atoms with van der Waals surface area (Å²) in [7, 11) is 0. The molecule has 3 unspecified atom stereocenters. The van der Waals surface area contributed by atoms with E-state index in [1.807, 2.05) is 0 Å². The molecule has 2 nitrogen and oxygen atoms in total. The van der Waals surface area contributed by atoms with Gasteiger partial charge in [-0.2, -0.15) is 0 Å². The Balaban J connectivity index is 1.67. The van der Waals surface area contributed by atoms with Gasteiger partial charge in [-0.15, -0.1) is 0 Å². The summed E-state index contributed by atoms with van der Waals surface area (Å²) in [6.07, 6.45) is 8.68. The summed E-state index contributed by atoms with van der Waals surface area (Å²) in [6, 6.07) is 11.3. The van der Waals surface area contributed by atoms with E-state index in [2.05, 4.69) is 49.5 Å². The highest BCUT2D eigenvalue weighted by atomic mass is 16.5. The van der Waals surface area contributed by atoms with Gasteiger partial charge in [-0.1, -0.05) is 56.5 Å². The fourth-order valence-electron chi connectivity index (χ4n) is 4.40. The number of hydrogen-bond donors (Lipinski definition) is 1. The fourth-order valence-corrected chi connectivity index (χ4v) is 4.40. The average Bonchev–Trinajstić information content (AvgIpc) is 2.55. The Morgan fingerprint density at radius 3 is 2.57 bits per heavy atom.